The van der Waals surface area contributed by atoms with Gasteiger partial charge in [-0.3, -0.25) is 4.79 Å². The Morgan fingerprint density at radius 2 is 1.67 bits per heavy atom. The average Bonchev–Trinajstić information content (AvgIpc) is 3.06. The summed E-state index contributed by atoms with van der Waals surface area (Å²) < 4.78 is 0. The van der Waals surface area contributed by atoms with Gasteiger partial charge in [-0.25, -0.2) is 0 Å². The molecular formula is C18H12Cl3NOS. The molecule has 0 bridgehead atoms. The minimum Gasteiger partial charge on any atom is -0.303 e. The zero-order valence-electron chi connectivity index (χ0n) is 12.4. The van der Waals surface area contributed by atoms with Gasteiger partial charge in [-0.2, -0.15) is 0 Å². The third-order valence-electron chi connectivity index (χ3n) is 3.44. The van der Waals surface area contributed by atoms with Crippen molar-refractivity contribution < 1.29 is 4.79 Å². The van der Waals surface area contributed by atoms with E-state index in [1.165, 1.54) is 0 Å². The summed E-state index contributed by atoms with van der Waals surface area (Å²) in [6.07, 6.45) is 0. The minimum atomic E-state index is -0.188. The molecule has 0 aliphatic rings. The van der Waals surface area contributed by atoms with Crippen LogP contribution < -0.4 is 4.90 Å². The lowest BCUT2D eigenvalue weighted by Crippen LogP contribution is -2.30. The monoisotopic (exact) mass is 395 g/mol. The fourth-order valence-corrected chi connectivity index (χ4v) is 3.58. The summed E-state index contributed by atoms with van der Waals surface area (Å²) in [5.74, 6) is -0.188. The smallest absolute Gasteiger partial charge is 0.260 e. The molecule has 0 unspecified atom stereocenters. The van der Waals surface area contributed by atoms with Gasteiger partial charge < -0.3 is 4.90 Å². The molecule has 0 aliphatic heterocycles. The summed E-state index contributed by atoms with van der Waals surface area (Å²) in [6, 6.07) is 16.0. The number of carbonyl (C=O) groups is 1. The van der Waals surface area contributed by atoms with Gasteiger partial charge in [-0.05, 0) is 53.9 Å². The quantitative estimate of drug-likeness (QED) is 0.489. The first-order valence-electron chi connectivity index (χ1n) is 7.09. The van der Waals surface area contributed by atoms with Crippen LogP contribution in [-0.2, 0) is 6.54 Å². The summed E-state index contributed by atoms with van der Waals surface area (Å²) in [7, 11) is 0. The first kappa shape index (κ1) is 17.3. The van der Waals surface area contributed by atoms with E-state index in [1.807, 2.05) is 29.6 Å². The Morgan fingerprint density at radius 1 is 0.958 bits per heavy atom. The van der Waals surface area contributed by atoms with Crippen LogP contribution in [0.2, 0.25) is 15.1 Å². The highest BCUT2D eigenvalue weighted by Gasteiger charge is 2.21. The van der Waals surface area contributed by atoms with Gasteiger partial charge in [-0.1, -0.05) is 40.9 Å². The van der Waals surface area contributed by atoms with Crippen LogP contribution in [0.1, 0.15) is 15.2 Å². The Hall–Kier alpha value is -1.52. The molecule has 6 heteroatoms. The van der Waals surface area contributed by atoms with Crippen molar-refractivity contribution >= 4 is 57.7 Å². The molecule has 3 rings (SSSR count). The maximum absolute atomic E-state index is 13.1. The van der Waals surface area contributed by atoms with E-state index in [2.05, 4.69) is 0 Å². The molecule has 0 aliphatic carbocycles. The number of hydrogen-bond donors (Lipinski definition) is 0. The molecule has 0 saturated carbocycles. The van der Waals surface area contributed by atoms with Crippen LogP contribution in [0.15, 0.2) is 60.0 Å². The zero-order valence-corrected chi connectivity index (χ0v) is 15.5. The third kappa shape index (κ3) is 3.93. The molecule has 0 fully saturated rings. The predicted octanol–water partition coefficient (Wildman–Crippen LogP) is 6.56. The summed E-state index contributed by atoms with van der Waals surface area (Å²) in [5, 5.41) is 3.42. The van der Waals surface area contributed by atoms with E-state index in [0.717, 1.165) is 10.6 Å². The maximum atomic E-state index is 13.1. The van der Waals surface area contributed by atoms with Gasteiger partial charge in [0.25, 0.3) is 5.91 Å². The number of halogens is 3. The van der Waals surface area contributed by atoms with Crippen LogP contribution in [-0.4, -0.2) is 5.91 Å². The molecule has 122 valence electrons. The van der Waals surface area contributed by atoms with E-state index < -0.39 is 0 Å². The summed E-state index contributed by atoms with van der Waals surface area (Å²) >= 11 is 19.7. The number of benzene rings is 2. The fraction of sp³-hybridized carbons (Fsp3) is 0.0556. The summed E-state index contributed by atoms with van der Waals surface area (Å²) in [6.45, 7) is 0.455. The third-order valence-corrected chi connectivity index (χ3v) is 5.10. The molecule has 2 nitrogen and oxygen atoms in total. The zero-order chi connectivity index (χ0) is 17.1. The van der Waals surface area contributed by atoms with Crippen molar-refractivity contribution in [2.75, 3.05) is 4.90 Å². The molecule has 1 heterocycles. The largest absolute Gasteiger partial charge is 0.303 e. The lowest BCUT2D eigenvalue weighted by Gasteiger charge is -2.23. The maximum Gasteiger partial charge on any atom is 0.260 e. The number of thiophene rings is 1. The molecule has 3 aromatic rings. The van der Waals surface area contributed by atoms with E-state index >= 15 is 0 Å². The second kappa shape index (κ2) is 7.58. The van der Waals surface area contributed by atoms with Crippen LogP contribution in [0, 0.1) is 0 Å². The molecule has 0 spiro atoms. The molecule has 0 atom stereocenters. The van der Waals surface area contributed by atoms with Gasteiger partial charge in [0.15, 0.2) is 0 Å². The highest BCUT2D eigenvalue weighted by atomic mass is 35.5. The Balaban J connectivity index is 1.99. The van der Waals surface area contributed by atoms with Crippen molar-refractivity contribution in [1.29, 1.82) is 0 Å². The molecule has 1 amide bonds. The van der Waals surface area contributed by atoms with Crippen molar-refractivity contribution in [3.63, 3.8) is 0 Å². The van der Waals surface area contributed by atoms with E-state index in [9.17, 15) is 4.79 Å². The lowest BCUT2D eigenvalue weighted by atomic mass is 10.1. The van der Waals surface area contributed by atoms with Crippen molar-refractivity contribution in [2.45, 2.75) is 6.54 Å². The number of rotatable bonds is 4. The molecule has 1 aromatic heterocycles. The topological polar surface area (TPSA) is 20.3 Å². The van der Waals surface area contributed by atoms with Gasteiger partial charge in [0.05, 0.1) is 17.1 Å². The SMILES string of the molecule is O=C(c1ccc(Cl)cc1Cl)N(Cc1cccs1)c1ccc(Cl)cc1. The summed E-state index contributed by atoms with van der Waals surface area (Å²) in [5.41, 5.74) is 1.16. The molecule has 0 saturated heterocycles. The first-order chi connectivity index (χ1) is 11.5. The van der Waals surface area contributed by atoms with Crippen molar-refractivity contribution in [1.82, 2.24) is 0 Å². The van der Waals surface area contributed by atoms with E-state index in [4.69, 9.17) is 34.8 Å². The van der Waals surface area contributed by atoms with E-state index in [0.29, 0.717) is 27.2 Å². The number of carbonyl (C=O) groups excluding carboxylic acids is 1. The molecular weight excluding hydrogens is 385 g/mol. The van der Waals surface area contributed by atoms with Crippen LogP contribution in [0.4, 0.5) is 5.69 Å². The van der Waals surface area contributed by atoms with Crippen LogP contribution in [0.3, 0.4) is 0 Å². The summed E-state index contributed by atoms with van der Waals surface area (Å²) in [4.78, 5) is 15.8. The predicted molar refractivity (Wildman–Crippen MR) is 103 cm³/mol. The van der Waals surface area contributed by atoms with Gasteiger partial charge in [-0.15, -0.1) is 11.3 Å². The standard InChI is InChI=1S/C18H12Cl3NOS/c19-12-3-6-14(7-4-12)22(11-15-2-1-9-24-15)18(23)16-8-5-13(20)10-17(16)21/h1-10H,11H2. The van der Waals surface area contributed by atoms with Gasteiger partial charge >= 0.3 is 0 Å². The number of nitrogens with zero attached hydrogens (tertiary/aromatic N) is 1. The van der Waals surface area contributed by atoms with Crippen molar-refractivity contribution in [2.24, 2.45) is 0 Å². The van der Waals surface area contributed by atoms with Crippen LogP contribution >= 0.6 is 46.1 Å². The second-order valence-electron chi connectivity index (χ2n) is 5.07. The molecule has 0 radical (unpaired) electrons. The highest BCUT2D eigenvalue weighted by molar-refractivity contribution is 7.09. The Morgan fingerprint density at radius 3 is 2.29 bits per heavy atom. The number of amides is 1. The van der Waals surface area contributed by atoms with Crippen LogP contribution in [0.25, 0.3) is 0 Å². The van der Waals surface area contributed by atoms with Gasteiger partial charge in [0.1, 0.15) is 0 Å². The molecule has 0 N–H and O–H groups in total. The Labute approximate surface area is 159 Å². The van der Waals surface area contributed by atoms with Gasteiger partial charge in [0.2, 0.25) is 0 Å². The molecule has 2 aromatic carbocycles. The lowest BCUT2D eigenvalue weighted by molar-refractivity contribution is 0.0985. The average molecular weight is 397 g/mol. The second-order valence-corrected chi connectivity index (χ2v) is 7.38. The van der Waals surface area contributed by atoms with Gasteiger partial charge in [0, 0.05) is 20.6 Å². The normalized spacial score (nSPS) is 10.6. The Kier molecular flexibility index (Phi) is 5.47. The van der Waals surface area contributed by atoms with E-state index in [1.54, 1.807) is 46.6 Å². The highest BCUT2D eigenvalue weighted by Crippen LogP contribution is 2.27. The van der Waals surface area contributed by atoms with Crippen LogP contribution in [0.5, 0.6) is 0 Å². The number of hydrogen-bond acceptors (Lipinski definition) is 2. The first-order valence-corrected chi connectivity index (χ1v) is 9.11. The van der Waals surface area contributed by atoms with Crippen molar-refractivity contribution in [3.05, 3.63) is 85.5 Å². The fourth-order valence-electron chi connectivity index (χ4n) is 2.27. The number of anilines is 1. The molecule has 24 heavy (non-hydrogen) atoms. The Bertz CT molecular complexity index is 847. The minimum absolute atomic E-state index is 0.188. The van der Waals surface area contributed by atoms with E-state index in [-0.39, 0.29) is 5.91 Å². The van der Waals surface area contributed by atoms with Crippen molar-refractivity contribution in [3.8, 4) is 0 Å².